The second-order valence-electron chi connectivity index (χ2n) is 5.96. The van der Waals surface area contributed by atoms with Gasteiger partial charge >= 0.3 is 0 Å². The minimum atomic E-state index is -0.297. The molecular formula is C17H24O2. The third-order valence-electron chi connectivity index (χ3n) is 4.31. The Morgan fingerprint density at radius 3 is 2.74 bits per heavy atom. The van der Waals surface area contributed by atoms with Crippen LogP contribution in [-0.2, 0) is 0 Å². The molecule has 2 heteroatoms. The molecule has 19 heavy (non-hydrogen) atoms. The van der Waals surface area contributed by atoms with Gasteiger partial charge in [-0.25, -0.2) is 0 Å². The zero-order valence-electron chi connectivity index (χ0n) is 12.5. The lowest BCUT2D eigenvalue weighted by atomic mass is 9.80. The molecule has 1 heterocycles. The number of hydrogen-bond acceptors (Lipinski definition) is 2. The van der Waals surface area contributed by atoms with E-state index < -0.39 is 0 Å². The summed E-state index contributed by atoms with van der Waals surface area (Å²) in [5.74, 6) is 1.59. The van der Waals surface area contributed by atoms with Gasteiger partial charge < -0.3 is 4.74 Å². The molecular weight excluding hydrogens is 236 g/mol. The number of Topliss-reactive ketones (excluding diaryl/α,β-unsaturated/α-hetero) is 1. The van der Waals surface area contributed by atoms with Gasteiger partial charge in [-0.2, -0.15) is 0 Å². The largest absolute Gasteiger partial charge is 0.486 e. The molecule has 2 nitrogen and oxygen atoms in total. The predicted molar refractivity (Wildman–Crippen MR) is 77.8 cm³/mol. The van der Waals surface area contributed by atoms with Crippen LogP contribution in [0.3, 0.4) is 0 Å². The Hall–Kier alpha value is -1.31. The highest BCUT2D eigenvalue weighted by molar-refractivity contribution is 6.00. The molecule has 1 aliphatic rings. The maximum Gasteiger partial charge on any atom is 0.170 e. The van der Waals surface area contributed by atoms with Crippen LogP contribution < -0.4 is 4.74 Å². The van der Waals surface area contributed by atoms with Crippen LogP contribution in [0.2, 0.25) is 0 Å². The van der Waals surface area contributed by atoms with E-state index >= 15 is 0 Å². The lowest BCUT2D eigenvalue weighted by molar-refractivity contribution is 0.0208. The second-order valence-corrected chi connectivity index (χ2v) is 5.96. The summed E-state index contributed by atoms with van der Waals surface area (Å²) >= 11 is 0. The molecule has 104 valence electrons. The first-order valence-electron chi connectivity index (χ1n) is 7.32. The first kappa shape index (κ1) is 14.1. The van der Waals surface area contributed by atoms with Gasteiger partial charge in [0, 0.05) is 0 Å². The number of aryl methyl sites for hydroxylation is 1. The minimum Gasteiger partial charge on any atom is -0.486 e. The Labute approximate surface area is 116 Å². The van der Waals surface area contributed by atoms with E-state index in [4.69, 9.17) is 4.74 Å². The van der Waals surface area contributed by atoms with Crippen molar-refractivity contribution in [2.75, 3.05) is 0 Å². The highest BCUT2D eigenvalue weighted by atomic mass is 16.5. The number of carbonyl (C=O) groups is 1. The third kappa shape index (κ3) is 2.83. The Balaban J connectivity index is 2.32. The lowest BCUT2D eigenvalue weighted by Gasteiger charge is -2.39. The molecule has 0 amide bonds. The molecule has 2 unspecified atom stereocenters. The summed E-state index contributed by atoms with van der Waals surface area (Å²) in [6.45, 7) is 8.55. The molecule has 0 radical (unpaired) electrons. The Bertz CT molecular complexity index is 478. The van der Waals surface area contributed by atoms with Crippen molar-refractivity contribution in [2.24, 2.45) is 5.92 Å². The Morgan fingerprint density at radius 1 is 1.37 bits per heavy atom. The number of hydrogen-bond donors (Lipinski definition) is 0. The van der Waals surface area contributed by atoms with Crippen molar-refractivity contribution in [1.82, 2.24) is 0 Å². The van der Waals surface area contributed by atoms with Crippen LogP contribution in [0.4, 0.5) is 0 Å². The number of rotatable bonds is 4. The van der Waals surface area contributed by atoms with E-state index in [1.54, 1.807) is 0 Å². The van der Waals surface area contributed by atoms with Crippen molar-refractivity contribution in [3.63, 3.8) is 0 Å². The summed E-state index contributed by atoms with van der Waals surface area (Å²) < 4.78 is 6.25. The first-order chi connectivity index (χ1) is 8.99. The number of benzene rings is 1. The molecule has 0 bridgehead atoms. The van der Waals surface area contributed by atoms with Crippen LogP contribution in [0, 0.1) is 12.8 Å². The van der Waals surface area contributed by atoms with Crippen molar-refractivity contribution < 1.29 is 9.53 Å². The molecule has 2 atom stereocenters. The van der Waals surface area contributed by atoms with Gasteiger partial charge in [0.15, 0.2) is 5.78 Å². The lowest BCUT2D eigenvalue weighted by Crippen LogP contribution is -2.42. The smallest absolute Gasteiger partial charge is 0.170 e. The van der Waals surface area contributed by atoms with Crippen LogP contribution >= 0.6 is 0 Å². The maximum absolute atomic E-state index is 12.4. The van der Waals surface area contributed by atoms with Gasteiger partial charge in [0.1, 0.15) is 11.4 Å². The molecule has 0 aromatic heterocycles. The molecule has 2 rings (SSSR count). The van der Waals surface area contributed by atoms with E-state index in [2.05, 4.69) is 20.8 Å². The van der Waals surface area contributed by atoms with Crippen molar-refractivity contribution in [3.05, 3.63) is 29.3 Å². The van der Waals surface area contributed by atoms with Crippen LogP contribution in [0.5, 0.6) is 5.75 Å². The van der Waals surface area contributed by atoms with Gasteiger partial charge in [-0.05, 0) is 37.8 Å². The van der Waals surface area contributed by atoms with Crippen molar-refractivity contribution in [3.8, 4) is 5.75 Å². The summed E-state index contributed by atoms with van der Waals surface area (Å²) in [6.07, 6.45) is 3.49. The minimum absolute atomic E-state index is 0.232. The molecule has 0 fully saturated rings. The van der Waals surface area contributed by atoms with E-state index in [0.717, 1.165) is 36.1 Å². The average Bonchev–Trinajstić information content (AvgIpc) is 2.39. The van der Waals surface area contributed by atoms with Crippen LogP contribution in [0.1, 0.15) is 62.4 Å². The van der Waals surface area contributed by atoms with E-state index in [9.17, 15) is 4.79 Å². The fourth-order valence-corrected chi connectivity index (χ4v) is 2.84. The van der Waals surface area contributed by atoms with E-state index in [1.807, 2.05) is 25.1 Å². The summed E-state index contributed by atoms with van der Waals surface area (Å²) in [7, 11) is 0. The molecule has 0 aliphatic carbocycles. The van der Waals surface area contributed by atoms with E-state index in [-0.39, 0.29) is 11.4 Å². The van der Waals surface area contributed by atoms with Crippen molar-refractivity contribution in [1.29, 1.82) is 0 Å². The summed E-state index contributed by atoms with van der Waals surface area (Å²) in [6, 6.07) is 5.91. The molecule has 0 saturated carbocycles. The Kier molecular flexibility index (Phi) is 3.98. The molecule has 0 spiro atoms. The fourth-order valence-electron chi connectivity index (χ4n) is 2.84. The van der Waals surface area contributed by atoms with Gasteiger partial charge in [0.05, 0.1) is 12.0 Å². The van der Waals surface area contributed by atoms with Gasteiger partial charge in [-0.1, -0.05) is 38.8 Å². The number of ether oxygens (including phenoxy) is 1. The number of ketones is 1. The fraction of sp³-hybridized carbons (Fsp3) is 0.588. The van der Waals surface area contributed by atoms with E-state index in [1.165, 1.54) is 0 Å². The first-order valence-corrected chi connectivity index (χ1v) is 7.32. The molecule has 0 N–H and O–H groups in total. The SMILES string of the molecule is CCC(C)CC1(CC)CC(=O)c2cc(C)ccc2O1. The number of fused-ring (bicyclic) bond motifs is 1. The van der Waals surface area contributed by atoms with E-state index in [0.29, 0.717) is 12.3 Å². The Morgan fingerprint density at radius 2 is 2.11 bits per heavy atom. The average molecular weight is 260 g/mol. The summed E-state index contributed by atoms with van der Waals surface area (Å²) in [5.41, 5.74) is 1.57. The molecule has 1 aromatic carbocycles. The van der Waals surface area contributed by atoms with Crippen LogP contribution in [0.25, 0.3) is 0 Å². The monoisotopic (exact) mass is 260 g/mol. The third-order valence-corrected chi connectivity index (χ3v) is 4.31. The van der Waals surface area contributed by atoms with Crippen molar-refractivity contribution in [2.45, 2.75) is 59.0 Å². The maximum atomic E-state index is 12.4. The van der Waals surface area contributed by atoms with Crippen LogP contribution in [-0.4, -0.2) is 11.4 Å². The number of carbonyl (C=O) groups excluding carboxylic acids is 1. The zero-order valence-corrected chi connectivity index (χ0v) is 12.5. The normalized spacial score (nSPS) is 23.7. The summed E-state index contributed by atoms with van der Waals surface area (Å²) in [4.78, 5) is 12.4. The summed E-state index contributed by atoms with van der Waals surface area (Å²) in [5, 5.41) is 0. The molecule has 1 aliphatic heterocycles. The highest BCUT2D eigenvalue weighted by Gasteiger charge is 2.39. The topological polar surface area (TPSA) is 26.3 Å². The van der Waals surface area contributed by atoms with Gasteiger partial charge in [0.2, 0.25) is 0 Å². The standard InChI is InChI=1S/C17H24O2/c1-5-12(3)10-17(6-2)11-15(18)14-9-13(4)7-8-16(14)19-17/h7-9,12H,5-6,10-11H2,1-4H3. The van der Waals surface area contributed by atoms with Gasteiger partial charge in [-0.3, -0.25) is 4.79 Å². The zero-order chi connectivity index (χ0) is 14.0. The molecule has 1 aromatic rings. The predicted octanol–water partition coefficient (Wildman–Crippen LogP) is 4.55. The quantitative estimate of drug-likeness (QED) is 0.794. The van der Waals surface area contributed by atoms with Crippen LogP contribution in [0.15, 0.2) is 18.2 Å². The van der Waals surface area contributed by atoms with Gasteiger partial charge in [0.25, 0.3) is 0 Å². The second kappa shape index (κ2) is 5.36. The van der Waals surface area contributed by atoms with Gasteiger partial charge in [-0.15, -0.1) is 0 Å². The van der Waals surface area contributed by atoms with Crippen molar-refractivity contribution >= 4 is 5.78 Å². The highest BCUT2D eigenvalue weighted by Crippen LogP contribution is 2.39. The molecule has 0 saturated heterocycles.